The maximum atomic E-state index is 11.8. The van der Waals surface area contributed by atoms with Crippen molar-refractivity contribution in [2.75, 3.05) is 13.1 Å². The van der Waals surface area contributed by atoms with Crippen molar-refractivity contribution in [2.24, 2.45) is 11.3 Å². The van der Waals surface area contributed by atoms with Gasteiger partial charge in [0.1, 0.15) is 0 Å². The molecule has 1 aliphatic rings. The van der Waals surface area contributed by atoms with Crippen LogP contribution < -0.4 is 0 Å². The van der Waals surface area contributed by atoms with Gasteiger partial charge in [-0.2, -0.15) is 0 Å². The first kappa shape index (κ1) is 17.5. The molecular weight excluding hydrogens is 222 g/mol. The second-order valence-electron chi connectivity index (χ2n) is 6.12. The van der Waals surface area contributed by atoms with Crippen molar-refractivity contribution >= 4 is 5.91 Å². The summed E-state index contributed by atoms with van der Waals surface area (Å²) < 4.78 is 0. The van der Waals surface area contributed by atoms with Gasteiger partial charge in [0.2, 0.25) is 5.91 Å². The minimum atomic E-state index is 0.370. The molecule has 1 saturated heterocycles. The lowest BCUT2D eigenvalue weighted by molar-refractivity contribution is -0.133. The summed E-state index contributed by atoms with van der Waals surface area (Å²) in [6.45, 7) is 15.0. The summed E-state index contributed by atoms with van der Waals surface area (Å²) in [4.78, 5) is 13.9. The standard InChI is InChI=1S/C14H27NO.C2H6/c1-5-6-7-13(16)15-10-8-12(9-11-15)14(2,3)4;1-2/h12H,5-11H2,1-4H3;1-2H3. The lowest BCUT2D eigenvalue weighted by atomic mass is 9.75. The van der Waals surface area contributed by atoms with Gasteiger partial charge < -0.3 is 4.90 Å². The molecule has 1 rings (SSSR count). The molecule has 1 amide bonds. The summed E-state index contributed by atoms with van der Waals surface area (Å²) in [7, 11) is 0. The van der Waals surface area contributed by atoms with E-state index < -0.39 is 0 Å². The number of rotatable bonds is 3. The zero-order valence-electron chi connectivity index (χ0n) is 13.4. The van der Waals surface area contributed by atoms with Gasteiger partial charge >= 0.3 is 0 Å². The molecule has 2 heteroatoms. The van der Waals surface area contributed by atoms with Crippen LogP contribution in [0.3, 0.4) is 0 Å². The van der Waals surface area contributed by atoms with Crippen LogP contribution in [0.15, 0.2) is 0 Å². The molecule has 0 aliphatic carbocycles. The predicted octanol–water partition coefficient (Wildman–Crippen LogP) is 4.49. The minimum absolute atomic E-state index is 0.370. The van der Waals surface area contributed by atoms with E-state index in [9.17, 15) is 4.79 Å². The van der Waals surface area contributed by atoms with Gasteiger partial charge in [-0.3, -0.25) is 4.79 Å². The summed E-state index contributed by atoms with van der Waals surface area (Å²) >= 11 is 0. The van der Waals surface area contributed by atoms with Crippen LogP contribution in [0.5, 0.6) is 0 Å². The predicted molar refractivity (Wildman–Crippen MR) is 79.6 cm³/mol. The number of hydrogen-bond donors (Lipinski definition) is 0. The summed E-state index contributed by atoms with van der Waals surface area (Å²) in [6, 6.07) is 0. The van der Waals surface area contributed by atoms with Crippen LogP contribution in [0.4, 0.5) is 0 Å². The van der Waals surface area contributed by atoms with E-state index >= 15 is 0 Å². The van der Waals surface area contributed by atoms with Crippen molar-refractivity contribution in [3.05, 3.63) is 0 Å². The molecular formula is C16H33NO. The molecule has 1 heterocycles. The first-order valence-electron chi connectivity index (χ1n) is 7.73. The summed E-state index contributed by atoms with van der Waals surface area (Å²) in [5.41, 5.74) is 0.401. The third-order valence-electron chi connectivity index (χ3n) is 3.82. The normalized spacial score (nSPS) is 17.1. The highest BCUT2D eigenvalue weighted by atomic mass is 16.2. The van der Waals surface area contributed by atoms with Crippen molar-refractivity contribution in [1.82, 2.24) is 4.90 Å². The molecule has 2 nitrogen and oxygen atoms in total. The largest absolute Gasteiger partial charge is 0.343 e. The number of likely N-dealkylation sites (tertiary alicyclic amines) is 1. The van der Waals surface area contributed by atoms with Gasteiger partial charge in [0.25, 0.3) is 0 Å². The summed E-state index contributed by atoms with van der Waals surface area (Å²) in [5, 5.41) is 0. The van der Waals surface area contributed by atoms with Crippen molar-refractivity contribution in [2.45, 2.75) is 73.6 Å². The van der Waals surface area contributed by atoms with E-state index in [0.717, 1.165) is 38.3 Å². The number of amides is 1. The molecule has 1 aliphatic heterocycles. The molecule has 0 bridgehead atoms. The fourth-order valence-corrected chi connectivity index (χ4v) is 2.48. The Morgan fingerprint density at radius 2 is 1.67 bits per heavy atom. The highest BCUT2D eigenvalue weighted by Gasteiger charge is 2.29. The number of carbonyl (C=O) groups excluding carboxylic acids is 1. The lowest BCUT2D eigenvalue weighted by Gasteiger charge is -2.38. The van der Waals surface area contributed by atoms with E-state index in [1.807, 2.05) is 13.8 Å². The van der Waals surface area contributed by atoms with Crippen LogP contribution in [0, 0.1) is 11.3 Å². The van der Waals surface area contributed by atoms with Gasteiger partial charge in [0.05, 0.1) is 0 Å². The Balaban J connectivity index is 0.00000137. The molecule has 0 saturated carbocycles. The van der Waals surface area contributed by atoms with Crippen LogP contribution in [0.2, 0.25) is 0 Å². The van der Waals surface area contributed by atoms with Gasteiger partial charge in [-0.1, -0.05) is 48.0 Å². The number of unbranched alkanes of at least 4 members (excludes halogenated alkanes) is 1. The Kier molecular flexibility index (Phi) is 8.30. The molecule has 0 N–H and O–H groups in total. The van der Waals surface area contributed by atoms with Crippen LogP contribution in [0.1, 0.15) is 73.6 Å². The zero-order valence-corrected chi connectivity index (χ0v) is 13.4. The molecule has 0 aromatic rings. The van der Waals surface area contributed by atoms with Crippen molar-refractivity contribution < 1.29 is 4.79 Å². The van der Waals surface area contributed by atoms with Crippen LogP contribution >= 0.6 is 0 Å². The number of piperidine rings is 1. The quantitative estimate of drug-likeness (QED) is 0.727. The highest BCUT2D eigenvalue weighted by Crippen LogP contribution is 2.34. The zero-order chi connectivity index (χ0) is 14.2. The minimum Gasteiger partial charge on any atom is -0.343 e. The molecule has 0 spiro atoms. The van der Waals surface area contributed by atoms with E-state index in [4.69, 9.17) is 0 Å². The lowest BCUT2D eigenvalue weighted by Crippen LogP contribution is -2.41. The van der Waals surface area contributed by atoms with E-state index in [2.05, 4.69) is 32.6 Å². The van der Waals surface area contributed by atoms with E-state index in [0.29, 0.717) is 11.3 Å². The molecule has 108 valence electrons. The summed E-state index contributed by atoms with van der Waals surface area (Å²) in [5.74, 6) is 1.15. The third-order valence-corrected chi connectivity index (χ3v) is 3.82. The van der Waals surface area contributed by atoms with Crippen LogP contribution in [0.25, 0.3) is 0 Å². The van der Waals surface area contributed by atoms with Crippen molar-refractivity contribution in [1.29, 1.82) is 0 Å². The molecule has 0 aromatic carbocycles. The SMILES string of the molecule is CC.CCCCC(=O)N1CCC(C(C)(C)C)CC1. The maximum absolute atomic E-state index is 11.8. The Morgan fingerprint density at radius 3 is 2.06 bits per heavy atom. The van der Waals surface area contributed by atoms with Gasteiger partial charge in [-0.15, -0.1) is 0 Å². The monoisotopic (exact) mass is 255 g/mol. The topological polar surface area (TPSA) is 20.3 Å². The first-order chi connectivity index (χ1) is 8.45. The van der Waals surface area contributed by atoms with Crippen LogP contribution in [-0.4, -0.2) is 23.9 Å². The molecule has 0 atom stereocenters. The second-order valence-corrected chi connectivity index (χ2v) is 6.12. The Labute approximate surface area is 114 Å². The average Bonchev–Trinajstić information content (AvgIpc) is 2.37. The molecule has 0 unspecified atom stereocenters. The summed E-state index contributed by atoms with van der Waals surface area (Å²) in [6.07, 6.45) is 5.27. The van der Waals surface area contributed by atoms with Crippen molar-refractivity contribution in [3.63, 3.8) is 0 Å². The third kappa shape index (κ3) is 5.88. The number of hydrogen-bond acceptors (Lipinski definition) is 1. The highest BCUT2D eigenvalue weighted by molar-refractivity contribution is 5.76. The second kappa shape index (κ2) is 8.55. The first-order valence-corrected chi connectivity index (χ1v) is 7.73. The van der Waals surface area contributed by atoms with E-state index in [-0.39, 0.29) is 0 Å². The fraction of sp³-hybridized carbons (Fsp3) is 0.938. The Bertz CT molecular complexity index is 222. The van der Waals surface area contributed by atoms with Crippen LogP contribution in [-0.2, 0) is 4.79 Å². The Morgan fingerprint density at radius 1 is 1.17 bits per heavy atom. The smallest absolute Gasteiger partial charge is 0.222 e. The molecule has 1 fully saturated rings. The van der Waals surface area contributed by atoms with Gasteiger partial charge in [-0.05, 0) is 30.6 Å². The Hall–Kier alpha value is -0.530. The van der Waals surface area contributed by atoms with E-state index in [1.165, 1.54) is 12.8 Å². The van der Waals surface area contributed by atoms with Gasteiger partial charge in [0, 0.05) is 19.5 Å². The maximum Gasteiger partial charge on any atom is 0.222 e. The molecule has 0 aromatic heterocycles. The van der Waals surface area contributed by atoms with E-state index in [1.54, 1.807) is 0 Å². The van der Waals surface area contributed by atoms with Crippen molar-refractivity contribution in [3.8, 4) is 0 Å². The number of carbonyl (C=O) groups is 1. The number of nitrogens with zero attached hydrogens (tertiary/aromatic N) is 1. The molecule has 0 radical (unpaired) electrons. The fourth-order valence-electron chi connectivity index (χ4n) is 2.48. The van der Waals surface area contributed by atoms with Gasteiger partial charge in [-0.25, -0.2) is 0 Å². The van der Waals surface area contributed by atoms with Gasteiger partial charge in [0.15, 0.2) is 0 Å². The molecule has 18 heavy (non-hydrogen) atoms. The average molecular weight is 255 g/mol.